The van der Waals surface area contributed by atoms with Gasteiger partial charge in [-0.1, -0.05) is 54.1 Å². The molecule has 6 heteroatoms. The number of hydrogen-bond acceptors (Lipinski definition) is 4. The molecule has 0 aliphatic carbocycles. The van der Waals surface area contributed by atoms with Crippen molar-refractivity contribution in [2.24, 2.45) is 0 Å². The minimum Gasteiger partial charge on any atom is -0.507 e. The van der Waals surface area contributed by atoms with Crippen LogP contribution in [0.15, 0.2) is 90.8 Å². The molecule has 1 unspecified atom stereocenters. The third-order valence-corrected chi connectivity index (χ3v) is 6.16. The van der Waals surface area contributed by atoms with Crippen LogP contribution >= 0.6 is 11.6 Å². The Labute approximate surface area is 195 Å². The molecule has 1 aromatic heterocycles. The van der Waals surface area contributed by atoms with Gasteiger partial charge in [-0.25, -0.2) is 0 Å². The molecule has 1 aliphatic heterocycles. The van der Waals surface area contributed by atoms with Crippen molar-refractivity contribution in [3.05, 3.63) is 112 Å². The van der Waals surface area contributed by atoms with E-state index >= 15 is 0 Å². The molecule has 0 saturated carbocycles. The molecule has 5 rings (SSSR count). The number of Topliss-reactive ketones (excluding diaryl/α,β-unsaturated/α-hetero) is 1. The molecule has 1 saturated heterocycles. The molecule has 0 spiro atoms. The number of amides is 1. The molecule has 1 fully saturated rings. The van der Waals surface area contributed by atoms with Crippen molar-refractivity contribution in [1.82, 2.24) is 4.98 Å². The van der Waals surface area contributed by atoms with Gasteiger partial charge < -0.3 is 5.11 Å². The van der Waals surface area contributed by atoms with Crippen molar-refractivity contribution >= 4 is 45.5 Å². The fourth-order valence-corrected chi connectivity index (χ4v) is 4.63. The van der Waals surface area contributed by atoms with Gasteiger partial charge in [-0.15, -0.1) is 0 Å². The van der Waals surface area contributed by atoms with Gasteiger partial charge in [-0.2, -0.15) is 0 Å². The van der Waals surface area contributed by atoms with E-state index in [4.69, 9.17) is 11.6 Å². The Morgan fingerprint density at radius 1 is 0.970 bits per heavy atom. The van der Waals surface area contributed by atoms with Gasteiger partial charge in [0.15, 0.2) is 0 Å². The van der Waals surface area contributed by atoms with E-state index in [1.807, 2.05) is 43.3 Å². The highest BCUT2D eigenvalue weighted by Gasteiger charge is 2.47. The molecule has 5 nitrogen and oxygen atoms in total. The van der Waals surface area contributed by atoms with E-state index in [9.17, 15) is 14.7 Å². The van der Waals surface area contributed by atoms with Crippen LogP contribution in [-0.4, -0.2) is 21.8 Å². The Kier molecular flexibility index (Phi) is 5.19. The molecule has 33 heavy (non-hydrogen) atoms. The van der Waals surface area contributed by atoms with Crippen LogP contribution in [0.2, 0.25) is 5.02 Å². The predicted octanol–water partition coefficient (Wildman–Crippen LogP) is 5.82. The van der Waals surface area contributed by atoms with Crippen molar-refractivity contribution < 1.29 is 14.7 Å². The molecule has 1 N–H and O–H groups in total. The van der Waals surface area contributed by atoms with Gasteiger partial charge in [0, 0.05) is 28.7 Å². The maximum Gasteiger partial charge on any atom is 0.300 e. The van der Waals surface area contributed by atoms with E-state index < -0.39 is 17.7 Å². The lowest BCUT2D eigenvalue weighted by Gasteiger charge is -2.26. The molecular formula is C27H19ClN2O3. The van der Waals surface area contributed by atoms with Gasteiger partial charge in [0.1, 0.15) is 5.76 Å². The lowest BCUT2D eigenvalue weighted by Crippen LogP contribution is -2.30. The Hall–Kier alpha value is -3.96. The number of anilines is 1. The Morgan fingerprint density at radius 2 is 1.70 bits per heavy atom. The average Bonchev–Trinajstić information content (AvgIpc) is 3.09. The van der Waals surface area contributed by atoms with E-state index in [1.165, 1.54) is 4.90 Å². The van der Waals surface area contributed by atoms with Crippen LogP contribution < -0.4 is 4.90 Å². The smallest absolute Gasteiger partial charge is 0.300 e. The Morgan fingerprint density at radius 3 is 2.45 bits per heavy atom. The number of halogens is 1. The molecule has 1 amide bonds. The van der Waals surface area contributed by atoms with Crippen molar-refractivity contribution in [2.45, 2.75) is 13.0 Å². The first kappa shape index (κ1) is 20.9. The van der Waals surface area contributed by atoms with Crippen LogP contribution in [0.25, 0.3) is 16.5 Å². The standard InChI is InChI=1S/C27H19ClN2O3/c1-16-15-19(28)9-10-22(16)30-24(18-11-13-29-14-12-18)23(26(32)27(30)33)25(31)21-8-4-6-17-5-2-3-7-20(17)21/h2-15,24,31H,1H3/b25-23-. The maximum absolute atomic E-state index is 13.4. The number of aliphatic hydroxyl groups excluding tert-OH is 1. The lowest BCUT2D eigenvalue weighted by atomic mass is 9.93. The molecule has 2 heterocycles. The number of carbonyl (C=O) groups is 2. The summed E-state index contributed by atoms with van der Waals surface area (Å²) in [6, 6.07) is 20.9. The maximum atomic E-state index is 13.4. The molecule has 162 valence electrons. The van der Waals surface area contributed by atoms with Gasteiger partial charge in [-0.05, 0) is 59.2 Å². The second-order valence-electron chi connectivity index (χ2n) is 7.91. The summed E-state index contributed by atoms with van der Waals surface area (Å²) in [5.41, 5.74) is 2.50. The van der Waals surface area contributed by atoms with E-state index in [-0.39, 0.29) is 11.3 Å². The highest BCUT2D eigenvalue weighted by Crippen LogP contribution is 2.43. The number of benzene rings is 3. The number of aliphatic hydroxyl groups is 1. The zero-order valence-electron chi connectivity index (χ0n) is 17.7. The number of aryl methyl sites for hydroxylation is 1. The fourth-order valence-electron chi connectivity index (χ4n) is 4.41. The summed E-state index contributed by atoms with van der Waals surface area (Å²) >= 11 is 6.13. The topological polar surface area (TPSA) is 70.5 Å². The monoisotopic (exact) mass is 454 g/mol. The largest absolute Gasteiger partial charge is 0.507 e. The summed E-state index contributed by atoms with van der Waals surface area (Å²) in [4.78, 5) is 32.2. The van der Waals surface area contributed by atoms with Crippen molar-refractivity contribution in [3.8, 4) is 0 Å². The predicted molar refractivity (Wildman–Crippen MR) is 129 cm³/mol. The lowest BCUT2D eigenvalue weighted by molar-refractivity contribution is -0.132. The fraction of sp³-hybridized carbons (Fsp3) is 0.0741. The number of carbonyl (C=O) groups excluding carboxylic acids is 2. The van der Waals surface area contributed by atoms with Crippen LogP contribution in [0.5, 0.6) is 0 Å². The van der Waals surface area contributed by atoms with E-state index in [0.717, 1.165) is 16.3 Å². The van der Waals surface area contributed by atoms with E-state index in [2.05, 4.69) is 4.98 Å². The second-order valence-corrected chi connectivity index (χ2v) is 8.34. The second kappa shape index (κ2) is 8.19. The van der Waals surface area contributed by atoms with E-state index in [1.54, 1.807) is 48.8 Å². The summed E-state index contributed by atoms with van der Waals surface area (Å²) < 4.78 is 0. The number of fused-ring (bicyclic) bond motifs is 1. The average molecular weight is 455 g/mol. The van der Waals surface area contributed by atoms with Crippen LogP contribution in [0.3, 0.4) is 0 Å². The first-order valence-corrected chi connectivity index (χ1v) is 10.8. The molecular weight excluding hydrogens is 436 g/mol. The number of hydrogen-bond donors (Lipinski definition) is 1. The van der Waals surface area contributed by atoms with Crippen molar-refractivity contribution in [3.63, 3.8) is 0 Å². The van der Waals surface area contributed by atoms with Crippen LogP contribution in [0.1, 0.15) is 22.7 Å². The van der Waals surface area contributed by atoms with Crippen LogP contribution in [-0.2, 0) is 9.59 Å². The number of rotatable bonds is 3. The van der Waals surface area contributed by atoms with Crippen molar-refractivity contribution in [1.29, 1.82) is 0 Å². The van der Waals surface area contributed by atoms with Gasteiger partial charge >= 0.3 is 0 Å². The molecule has 0 radical (unpaired) electrons. The van der Waals surface area contributed by atoms with Gasteiger partial charge in [-0.3, -0.25) is 19.5 Å². The number of aromatic nitrogens is 1. The van der Waals surface area contributed by atoms with Crippen molar-refractivity contribution in [2.75, 3.05) is 4.90 Å². The molecule has 1 aliphatic rings. The molecule has 0 bridgehead atoms. The Bertz CT molecular complexity index is 1440. The third-order valence-electron chi connectivity index (χ3n) is 5.93. The SMILES string of the molecule is Cc1cc(Cl)ccc1N1C(=O)C(=O)/C(=C(\O)c2cccc3ccccc23)C1c1ccncc1. The normalized spacial score (nSPS) is 17.6. The number of ketones is 1. The molecule has 4 aromatic rings. The zero-order chi connectivity index (χ0) is 23.1. The summed E-state index contributed by atoms with van der Waals surface area (Å²) in [7, 11) is 0. The number of nitrogens with zero attached hydrogens (tertiary/aromatic N) is 2. The summed E-state index contributed by atoms with van der Waals surface area (Å²) in [5, 5.41) is 13.7. The van der Waals surface area contributed by atoms with Crippen LogP contribution in [0.4, 0.5) is 5.69 Å². The summed E-state index contributed by atoms with van der Waals surface area (Å²) in [5.74, 6) is -1.65. The highest BCUT2D eigenvalue weighted by atomic mass is 35.5. The highest BCUT2D eigenvalue weighted by molar-refractivity contribution is 6.52. The minimum atomic E-state index is -0.813. The van der Waals surface area contributed by atoms with Crippen LogP contribution in [0, 0.1) is 6.92 Å². The summed E-state index contributed by atoms with van der Waals surface area (Å²) in [6.07, 6.45) is 3.20. The molecule has 3 aromatic carbocycles. The van der Waals surface area contributed by atoms with Gasteiger partial charge in [0.2, 0.25) is 0 Å². The van der Waals surface area contributed by atoms with Gasteiger partial charge in [0.05, 0.1) is 11.6 Å². The first-order chi connectivity index (χ1) is 16.0. The van der Waals surface area contributed by atoms with Gasteiger partial charge in [0.25, 0.3) is 11.7 Å². The first-order valence-electron chi connectivity index (χ1n) is 10.4. The Balaban J connectivity index is 1.79. The van der Waals surface area contributed by atoms with E-state index in [0.29, 0.717) is 21.8 Å². The zero-order valence-corrected chi connectivity index (χ0v) is 18.5. The summed E-state index contributed by atoms with van der Waals surface area (Å²) in [6.45, 7) is 1.83. The minimum absolute atomic E-state index is 0.0388. The third kappa shape index (κ3) is 3.47. The quantitative estimate of drug-likeness (QED) is 0.240. The molecule has 1 atom stereocenters. The number of pyridine rings is 1.